The minimum Gasteiger partial charge on any atom is -0.496 e. The molecule has 35 heavy (non-hydrogen) atoms. The average molecular weight is 507 g/mol. The van der Waals surface area contributed by atoms with Crippen molar-refractivity contribution in [3.63, 3.8) is 0 Å². The van der Waals surface area contributed by atoms with Crippen LogP contribution in [0, 0.1) is 11.7 Å². The fraction of sp³-hybridized carbons (Fsp3) is 0.440. The third-order valence-electron chi connectivity index (χ3n) is 6.34. The van der Waals surface area contributed by atoms with Crippen molar-refractivity contribution in [3.8, 4) is 5.75 Å². The standard InChI is InChI=1S/C25H32ClFN4O4/c1-35-23-14-22(28)21(26)13-20(23)24(32)29-15-17-6-9-31(10-7-17)11-8-19(30-25(33)34)12-16-2-4-18(27)5-3-16/h2-5,13-14,17,19,30H,6-12,15,28H2,1H3,(H,29,32)(H,33,34). The number of hydrogen-bond acceptors (Lipinski definition) is 5. The zero-order valence-corrected chi connectivity index (χ0v) is 20.5. The van der Waals surface area contributed by atoms with Crippen LogP contribution < -0.4 is 21.1 Å². The summed E-state index contributed by atoms with van der Waals surface area (Å²) in [6.07, 6.45) is 1.95. The number of nitrogens with two attached hydrogens (primary N) is 1. The lowest BCUT2D eigenvalue weighted by atomic mass is 9.96. The molecular formula is C25H32ClFN4O4. The van der Waals surface area contributed by atoms with E-state index in [9.17, 15) is 19.1 Å². The molecule has 1 heterocycles. The molecule has 3 rings (SSSR count). The maximum Gasteiger partial charge on any atom is 0.404 e. The molecule has 2 aromatic carbocycles. The first-order chi connectivity index (χ1) is 16.7. The van der Waals surface area contributed by atoms with Gasteiger partial charge in [0.2, 0.25) is 0 Å². The number of likely N-dealkylation sites (tertiary alicyclic amines) is 1. The van der Waals surface area contributed by atoms with Gasteiger partial charge in [0.15, 0.2) is 0 Å². The van der Waals surface area contributed by atoms with Gasteiger partial charge in [-0.15, -0.1) is 0 Å². The Hall–Kier alpha value is -3.04. The molecule has 190 valence electrons. The van der Waals surface area contributed by atoms with E-state index in [1.165, 1.54) is 31.4 Å². The number of carboxylic acid groups (broad SMARTS) is 1. The van der Waals surface area contributed by atoms with Gasteiger partial charge < -0.3 is 31.1 Å². The minimum atomic E-state index is -1.06. The van der Waals surface area contributed by atoms with Crippen molar-refractivity contribution in [2.24, 2.45) is 5.92 Å². The van der Waals surface area contributed by atoms with Gasteiger partial charge in [0.25, 0.3) is 5.91 Å². The molecule has 1 unspecified atom stereocenters. The zero-order valence-electron chi connectivity index (χ0n) is 19.7. The van der Waals surface area contributed by atoms with Crippen molar-refractivity contribution in [2.45, 2.75) is 31.7 Å². The summed E-state index contributed by atoms with van der Waals surface area (Å²) in [5.41, 5.74) is 7.37. The van der Waals surface area contributed by atoms with E-state index >= 15 is 0 Å². The van der Waals surface area contributed by atoms with Crippen molar-refractivity contribution in [3.05, 3.63) is 58.4 Å². The van der Waals surface area contributed by atoms with Crippen LogP contribution in [0.2, 0.25) is 5.02 Å². The second-order valence-corrected chi connectivity index (χ2v) is 9.24. The van der Waals surface area contributed by atoms with Gasteiger partial charge in [-0.2, -0.15) is 0 Å². The topological polar surface area (TPSA) is 117 Å². The van der Waals surface area contributed by atoms with E-state index in [1.54, 1.807) is 12.1 Å². The summed E-state index contributed by atoms with van der Waals surface area (Å²) in [6.45, 7) is 3.04. The molecule has 8 nitrogen and oxygen atoms in total. The Morgan fingerprint density at radius 2 is 1.94 bits per heavy atom. The number of piperidine rings is 1. The number of methoxy groups -OCH3 is 1. The zero-order chi connectivity index (χ0) is 25.4. The maximum atomic E-state index is 13.2. The lowest BCUT2D eigenvalue weighted by Gasteiger charge is -2.33. The number of ether oxygens (including phenoxy) is 1. The Bertz CT molecular complexity index is 1010. The largest absolute Gasteiger partial charge is 0.496 e. The van der Waals surface area contributed by atoms with Crippen LogP contribution >= 0.6 is 11.6 Å². The number of carbonyl (C=O) groups excluding carboxylic acids is 1. The number of benzene rings is 2. The molecule has 0 aliphatic carbocycles. The number of nitrogens with one attached hydrogen (secondary N) is 2. The Morgan fingerprint density at radius 1 is 1.26 bits per heavy atom. The van der Waals surface area contributed by atoms with Crippen molar-refractivity contribution in [1.29, 1.82) is 0 Å². The van der Waals surface area contributed by atoms with Crippen LogP contribution in [-0.2, 0) is 6.42 Å². The number of nitrogen functional groups attached to an aromatic ring is 1. The van der Waals surface area contributed by atoms with Crippen LogP contribution in [0.1, 0.15) is 35.2 Å². The molecule has 10 heteroatoms. The molecule has 0 radical (unpaired) electrons. The number of anilines is 1. The first-order valence-electron chi connectivity index (χ1n) is 11.6. The molecule has 2 amide bonds. The molecule has 2 aromatic rings. The number of rotatable bonds is 10. The predicted octanol–water partition coefficient (Wildman–Crippen LogP) is 3.78. The van der Waals surface area contributed by atoms with E-state index in [0.717, 1.165) is 38.0 Å². The van der Waals surface area contributed by atoms with E-state index in [1.807, 2.05) is 0 Å². The summed E-state index contributed by atoms with van der Waals surface area (Å²) in [7, 11) is 1.48. The summed E-state index contributed by atoms with van der Waals surface area (Å²) < 4.78 is 18.4. The monoisotopic (exact) mass is 506 g/mol. The Morgan fingerprint density at radius 3 is 2.57 bits per heavy atom. The van der Waals surface area contributed by atoms with Crippen molar-refractivity contribution < 1.29 is 23.8 Å². The Labute approximate surface area is 209 Å². The number of nitrogens with zero attached hydrogens (tertiary/aromatic N) is 1. The summed E-state index contributed by atoms with van der Waals surface area (Å²) in [6, 6.07) is 8.93. The molecule has 1 aliphatic rings. The smallest absolute Gasteiger partial charge is 0.404 e. The summed E-state index contributed by atoms with van der Waals surface area (Å²) in [5, 5.41) is 15.0. The number of hydrogen-bond donors (Lipinski definition) is 4. The Balaban J connectivity index is 1.44. The number of halogens is 2. The minimum absolute atomic E-state index is 0.253. The van der Waals surface area contributed by atoms with Crippen LogP contribution in [0.3, 0.4) is 0 Å². The van der Waals surface area contributed by atoms with Gasteiger partial charge in [0, 0.05) is 25.2 Å². The summed E-state index contributed by atoms with van der Waals surface area (Å²) in [5.74, 6) is 0.156. The molecule has 1 fully saturated rings. The fourth-order valence-corrected chi connectivity index (χ4v) is 4.47. The normalized spacial score (nSPS) is 15.4. The van der Waals surface area contributed by atoms with E-state index in [0.29, 0.717) is 47.3 Å². The van der Waals surface area contributed by atoms with Gasteiger partial charge in [-0.25, -0.2) is 9.18 Å². The quantitative estimate of drug-likeness (QED) is 0.364. The number of carbonyl (C=O) groups is 2. The third kappa shape index (κ3) is 8.00. The Kier molecular flexibility index (Phi) is 9.56. The molecule has 0 saturated carbocycles. The SMILES string of the molecule is COc1cc(N)c(Cl)cc1C(=O)NCC1CCN(CCC(Cc2ccc(F)cc2)NC(=O)O)CC1. The first-order valence-corrected chi connectivity index (χ1v) is 12.0. The molecule has 0 bridgehead atoms. The first kappa shape index (κ1) is 26.6. The highest BCUT2D eigenvalue weighted by Crippen LogP contribution is 2.29. The highest BCUT2D eigenvalue weighted by atomic mass is 35.5. The predicted molar refractivity (Wildman–Crippen MR) is 134 cm³/mol. The van der Waals surface area contributed by atoms with Crippen LogP contribution in [0.25, 0.3) is 0 Å². The highest BCUT2D eigenvalue weighted by molar-refractivity contribution is 6.33. The van der Waals surface area contributed by atoms with E-state index in [4.69, 9.17) is 22.1 Å². The van der Waals surface area contributed by atoms with Gasteiger partial charge in [0.05, 0.1) is 23.4 Å². The molecule has 5 N–H and O–H groups in total. The highest BCUT2D eigenvalue weighted by Gasteiger charge is 2.22. The second kappa shape index (κ2) is 12.6. The summed E-state index contributed by atoms with van der Waals surface area (Å²) >= 11 is 6.06. The van der Waals surface area contributed by atoms with Crippen molar-refractivity contribution >= 4 is 29.3 Å². The lowest BCUT2D eigenvalue weighted by Crippen LogP contribution is -2.42. The van der Waals surface area contributed by atoms with Crippen LogP contribution in [-0.4, -0.2) is 61.3 Å². The maximum absolute atomic E-state index is 13.2. The molecular weight excluding hydrogens is 475 g/mol. The van der Waals surface area contributed by atoms with Crippen molar-refractivity contribution in [1.82, 2.24) is 15.5 Å². The van der Waals surface area contributed by atoms with E-state index < -0.39 is 6.09 Å². The van der Waals surface area contributed by atoms with Gasteiger partial charge in [-0.3, -0.25) is 4.79 Å². The number of amides is 2. The average Bonchev–Trinajstić information content (AvgIpc) is 2.84. The third-order valence-corrected chi connectivity index (χ3v) is 6.67. The van der Waals surface area contributed by atoms with Crippen molar-refractivity contribution in [2.75, 3.05) is 39.0 Å². The fourth-order valence-electron chi connectivity index (χ4n) is 4.31. The van der Waals surface area contributed by atoms with Crippen LogP contribution in [0.4, 0.5) is 14.9 Å². The molecule has 0 spiro atoms. The molecule has 0 aromatic heterocycles. The van der Waals surface area contributed by atoms with Gasteiger partial charge in [-0.1, -0.05) is 23.7 Å². The molecule has 1 aliphatic heterocycles. The molecule has 1 atom stereocenters. The van der Waals surface area contributed by atoms with Gasteiger partial charge in [-0.05, 0) is 68.5 Å². The second-order valence-electron chi connectivity index (χ2n) is 8.83. The van der Waals surface area contributed by atoms with Crippen LogP contribution in [0.15, 0.2) is 36.4 Å². The van der Waals surface area contributed by atoms with Gasteiger partial charge in [0.1, 0.15) is 11.6 Å². The van der Waals surface area contributed by atoms with E-state index in [2.05, 4.69) is 15.5 Å². The van der Waals surface area contributed by atoms with Gasteiger partial charge >= 0.3 is 6.09 Å². The summed E-state index contributed by atoms with van der Waals surface area (Å²) in [4.78, 5) is 26.2. The molecule has 1 saturated heterocycles. The van der Waals surface area contributed by atoms with Crippen LogP contribution in [0.5, 0.6) is 5.75 Å². The lowest BCUT2D eigenvalue weighted by molar-refractivity contribution is 0.0932. The van der Waals surface area contributed by atoms with E-state index in [-0.39, 0.29) is 17.8 Å².